The van der Waals surface area contributed by atoms with E-state index in [0.717, 1.165) is 6.07 Å². The molecular formula is C14H19FN2O3. The number of halogens is 1. The van der Waals surface area contributed by atoms with Crippen molar-refractivity contribution in [2.75, 3.05) is 18.0 Å². The van der Waals surface area contributed by atoms with Gasteiger partial charge >= 0.3 is 5.69 Å². The zero-order valence-corrected chi connectivity index (χ0v) is 12.1. The van der Waals surface area contributed by atoms with E-state index in [1.807, 2.05) is 32.6 Å². The van der Waals surface area contributed by atoms with Gasteiger partial charge in [0.2, 0.25) is 5.82 Å². The molecule has 2 rings (SSSR count). The van der Waals surface area contributed by atoms with Crippen LogP contribution in [0.15, 0.2) is 18.2 Å². The highest BCUT2D eigenvalue weighted by Crippen LogP contribution is 2.36. The van der Waals surface area contributed by atoms with E-state index in [2.05, 4.69) is 0 Å². The quantitative estimate of drug-likeness (QED) is 0.617. The van der Waals surface area contributed by atoms with Gasteiger partial charge in [-0.2, -0.15) is 4.39 Å². The molecule has 0 amide bonds. The van der Waals surface area contributed by atoms with Crippen molar-refractivity contribution in [1.29, 1.82) is 0 Å². The Labute approximate surface area is 117 Å². The number of hydrogen-bond acceptors (Lipinski definition) is 4. The molecule has 20 heavy (non-hydrogen) atoms. The topological polar surface area (TPSA) is 55.6 Å². The van der Waals surface area contributed by atoms with Crippen molar-refractivity contribution < 1.29 is 14.1 Å². The summed E-state index contributed by atoms with van der Waals surface area (Å²) < 4.78 is 19.7. The van der Waals surface area contributed by atoms with Crippen LogP contribution < -0.4 is 4.90 Å². The molecule has 0 unspecified atom stereocenters. The highest BCUT2D eigenvalue weighted by Gasteiger charge is 2.40. The van der Waals surface area contributed by atoms with Crippen LogP contribution >= 0.6 is 0 Å². The Hall–Kier alpha value is -1.69. The lowest BCUT2D eigenvalue weighted by molar-refractivity contribution is -0.386. The maximum Gasteiger partial charge on any atom is 0.327 e. The standard InChI is InChI=1S/C14H19FN2O3/c1-13(2)8-16(9-14(3,4)20-13)11-7-5-6-10(15)12(11)17(18)19/h5-7H,8-9H2,1-4H3. The molecule has 6 heteroatoms. The summed E-state index contributed by atoms with van der Waals surface area (Å²) in [5.41, 5.74) is -1.08. The average molecular weight is 282 g/mol. The van der Waals surface area contributed by atoms with Crippen LogP contribution in [-0.4, -0.2) is 29.2 Å². The van der Waals surface area contributed by atoms with E-state index in [9.17, 15) is 14.5 Å². The number of nitrogens with zero attached hydrogens (tertiary/aromatic N) is 2. The van der Waals surface area contributed by atoms with Gasteiger partial charge in [-0.15, -0.1) is 0 Å². The smallest absolute Gasteiger partial charge is 0.327 e. The van der Waals surface area contributed by atoms with E-state index in [1.54, 1.807) is 6.07 Å². The molecule has 0 radical (unpaired) electrons. The number of nitro groups is 1. The molecule has 5 nitrogen and oxygen atoms in total. The number of rotatable bonds is 2. The van der Waals surface area contributed by atoms with Crippen LogP contribution in [0.3, 0.4) is 0 Å². The third-order valence-corrected chi connectivity index (χ3v) is 3.18. The summed E-state index contributed by atoms with van der Waals surface area (Å²) in [5.74, 6) is -0.811. The highest BCUT2D eigenvalue weighted by molar-refractivity contribution is 5.64. The van der Waals surface area contributed by atoms with E-state index < -0.39 is 27.6 Å². The maximum absolute atomic E-state index is 13.7. The first kappa shape index (κ1) is 14.7. The van der Waals surface area contributed by atoms with E-state index in [0.29, 0.717) is 18.8 Å². The van der Waals surface area contributed by atoms with Crippen LogP contribution in [0.5, 0.6) is 0 Å². The number of nitro benzene ring substituents is 1. The van der Waals surface area contributed by atoms with Crippen LogP contribution in [0.1, 0.15) is 27.7 Å². The molecule has 1 aromatic rings. The largest absolute Gasteiger partial charge is 0.366 e. The lowest BCUT2D eigenvalue weighted by Crippen LogP contribution is -2.57. The summed E-state index contributed by atoms with van der Waals surface area (Å²) in [6.07, 6.45) is 0. The van der Waals surface area contributed by atoms with Gasteiger partial charge in [0.15, 0.2) is 0 Å². The molecule has 110 valence electrons. The zero-order valence-electron chi connectivity index (χ0n) is 12.1. The van der Waals surface area contributed by atoms with Crippen molar-refractivity contribution >= 4 is 11.4 Å². The Kier molecular flexibility index (Phi) is 3.46. The molecule has 0 saturated carbocycles. The Morgan fingerprint density at radius 1 is 1.25 bits per heavy atom. The first-order valence-electron chi connectivity index (χ1n) is 6.49. The lowest BCUT2D eigenvalue weighted by atomic mass is 9.98. The predicted molar refractivity (Wildman–Crippen MR) is 74.5 cm³/mol. The van der Waals surface area contributed by atoms with Crippen molar-refractivity contribution in [3.63, 3.8) is 0 Å². The number of para-hydroxylation sites is 1. The molecular weight excluding hydrogens is 263 g/mol. The first-order chi connectivity index (χ1) is 9.11. The number of morpholine rings is 1. The minimum atomic E-state index is -0.811. The molecule has 0 spiro atoms. The van der Waals surface area contributed by atoms with Crippen LogP contribution in [0.4, 0.5) is 15.8 Å². The van der Waals surface area contributed by atoms with Crippen LogP contribution in [-0.2, 0) is 4.74 Å². The number of anilines is 1. The van der Waals surface area contributed by atoms with Gasteiger partial charge in [0.05, 0.1) is 16.1 Å². The molecule has 0 N–H and O–H groups in total. The first-order valence-corrected chi connectivity index (χ1v) is 6.49. The minimum Gasteiger partial charge on any atom is -0.366 e. The molecule has 1 fully saturated rings. The van der Waals surface area contributed by atoms with Crippen molar-refractivity contribution in [1.82, 2.24) is 0 Å². The van der Waals surface area contributed by atoms with Gasteiger partial charge in [-0.05, 0) is 39.8 Å². The van der Waals surface area contributed by atoms with Gasteiger partial charge in [-0.3, -0.25) is 10.1 Å². The summed E-state index contributed by atoms with van der Waals surface area (Å²) >= 11 is 0. The Morgan fingerprint density at radius 2 is 1.80 bits per heavy atom. The van der Waals surface area contributed by atoms with Gasteiger partial charge < -0.3 is 9.64 Å². The van der Waals surface area contributed by atoms with Gasteiger partial charge in [0.1, 0.15) is 5.69 Å². The van der Waals surface area contributed by atoms with Crippen molar-refractivity contribution in [3.8, 4) is 0 Å². The molecule has 0 bridgehead atoms. The van der Waals surface area contributed by atoms with E-state index in [1.165, 1.54) is 6.07 Å². The van der Waals surface area contributed by atoms with Crippen molar-refractivity contribution in [3.05, 3.63) is 34.1 Å². The van der Waals surface area contributed by atoms with Gasteiger partial charge in [0.25, 0.3) is 0 Å². The van der Waals surface area contributed by atoms with Crippen molar-refractivity contribution in [2.45, 2.75) is 38.9 Å². The molecule has 1 heterocycles. The van der Waals surface area contributed by atoms with E-state index >= 15 is 0 Å². The monoisotopic (exact) mass is 282 g/mol. The third-order valence-electron chi connectivity index (χ3n) is 3.18. The number of benzene rings is 1. The molecule has 1 saturated heterocycles. The predicted octanol–water partition coefficient (Wildman–Crippen LogP) is 3.13. The van der Waals surface area contributed by atoms with Gasteiger partial charge in [-0.25, -0.2) is 0 Å². The van der Waals surface area contributed by atoms with Crippen LogP contribution in [0, 0.1) is 15.9 Å². The lowest BCUT2D eigenvalue weighted by Gasteiger charge is -2.47. The molecule has 1 aliphatic rings. The van der Waals surface area contributed by atoms with E-state index in [4.69, 9.17) is 4.74 Å². The van der Waals surface area contributed by atoms with Crippen LogP contribution in [0.25, 0.3) is 0 Å². The summed E-state index contributed by atoms with van der Waals surface area (Å²) in [7, 11) is 0. The Morgan fingerprint density at radius 3 is 2.30 bits per heavy atom. The number of hydrogen-bond donors (Lipinski definition) is 0. The van der Waals surface area contributed by atoms with E-state index in [-0.39, 0.29) is 0 Å². The van der Waals surface area contributed by atoms with Gasteiger partial charge in [0, 0.05) is 13.1 Å². The summed E-state index contributed by atoms with van der Waals surface area (Å²) in [6.45, 7) is 8.64. The highest BCUT2D eigenvalue weighted by atomic mass is 19.1. The fourth-order valence-corrected chi connectivity index (χ4v) is 2.90. The molecule has 0 atom stereocenters. The zero-order chi connectivity index (χ0) is 15.1. The SMILES string of the molecule is CC1(C)CN(c2cccc(F)c2[N+](=O)[O-])CC(C)(C)O1. The van der Waals surface area contributed by atoms with Crippen LogP contribution in [0.2, 0.25) is 0 Å². The summed E-state index contributed by atoms with van der Waals surface area (Å²) in [6, 6.07) is 4.18. The Bertz CT molecular complexity index is 527. The fraction of sp³-hybridized carbons (Fsp3) is 0.571. The Balaban J connectivity index is 2.46. The summed E-state index contributed by atoms with van der Waals surface area (Å²) in [5, 5.41) is 11.1. The molecule has 0 aromatic heterocycles. The normalized spacial score (nSPS) is 20.8. The average Bonchev–Trinajstić information content (AvgIpc) is 2.23. The minimum absolute atomic E-state index is 0.305. The third kappa shape index (κ3) is 2.90. The van der Waals surface area contributed by atoms with Crippen molar-refractivity contribution in [2.24, 2.45) is 0 Å². The fourth-order valence-electron chi connectivity index (χ4n) is 2.90. The molecule has 1 aliphatic heterocycles. The second kappa shape index (κ2) is 4.70. The molecule has 0 aliphatic carbocycles. The summed E-state index contributed by atoms with van der Waals surface area (Å²) in [4.78, 5) is 12.3. The number of ether oxygens (including phenoxy) is 1. The maximum atomic E-state index is 13.7. The molecule has 1 aromatic carbocycles. The van der Waals surface area contributed by atoms with Gasteiger partial charge in [-0.1, -0.05) is 6.07 Å². The second-order valence-corrected chi connectivity index (χ2v) is 6.34. The second-order valence-electron chi connectivity index (χ2n) is 6.34.